The molecule has 0 amide bonds. The molecule has 19 heavy (non-hydrogen) atoms. The zero-order chi connectivity index (χ0) is 13.2. The van der Waals surface area contributed by atoms with Gasteiger partial charge in [0.1, 0.15) is 11.4 Å². The van der Waals surface area contributed by atoms with E-state index in [0.717, 1.165) is 18.6 Å². The molecular weight excluding hydrogens is 240 g/mol. The number of hydrogen-bond acceptors (Lipinski definition) is 4. The van der Waals surface area contributed by atoms with Crippen LogP contribution in [0.3, 0.4) is 0 Å². The van der Waals surface area contributed by atoms with Gasteiger partial charge in [-0.05, 0) is 37.1 Å². The number of aromatic nitrogens is 1. The fourth-order valence-electron chi connectivity index (χ4n) is 1.83. The Bertz CT molecular complexity index is 621. The van der Waals surface area contributed by atoms with E-state index in [1.165, 1.54) is 0 Å². The SMILES string of the molecule is Nc1cccnc1C(=O)c1cccc(OC2CC2)c1. The van der Waals surface area contributed by atoms with Crippen LogP contribution in [0.2, 0.25) is 0 Å². The van der Waals surface area contributed by atoms with Crippen LogP contribution in [-0.4, -0.2) is 16.9 Å². The Hall–Kier alpha value is -2.36. The van der Waals surface area contributed by atoms with Gasteiger partial charge in [-0.25, -0.2) is 0 Å². The summed E-state index contributed by atoms with van der Waals surface area (Å²) >= 11 is 0. The fourth-order valence-corrected chi connectivity index (χ4v) is 1.83. The monoisotopic (exact) mass is 254 g/mol. The van der Waals surface area contributed by atoms with Gasteiger partial charge in [0, 0.05) is 11.8 Å². The standard InChI is InChI=1S/C15H14N2O2/c16-13-5-2-8-17-14(13)15(18)10-3-1-4-12(9-10)19-11-6-7-11/h1-5,8-9,11H,6-7,16H2. The number of rotatable bonds is 4. The summed E-state index contributed by atoms with van der Waals surface area (Å²) in [5.41, 5.74) is 6.99. The Morgan fingerprint density at radius 1 is 1.26 bits per heavy atom. The average molecular weight is 254 g/mol. The minimum atomic E-state index is -0.181. The smallest absolute Gasteiger partial charge is 0.213 e. The van der Waals surface area contributed by atoms with Crippen molar-refractivity contribution >= 4 is 11.5 Å². The molecule has 4 nitrogen and oxygen atoms in total. The van der Waals surface area contributed by atoms with E-state index in [0.29, 0.717) is 17.4 Å². The molecule has 0 unspecified atom stereocenters. The highest BCUT2D eigenvalue weighted by molar-refractivity contribution is 6.10. The second-order valence-electron chi connectivity index (χ2n) is 4.62. The third-order valence-corrected chi connectivity index (χ3v) is 2.98. The Kier molecular flexibility index (Phi) is 2.91. The molecule has 1 aliphatic carbocycles. The van der Waals surface area contributed by atoms with Crippen molar-refractivity contribution in [3.63, 3.8) is 0 Å². The summed E-state index contributed by atoms with van der Waals surface area (Å²) in [5.74, 6) is 0.544. The Morgan fingerprint density at radius 2 is 2.11 bits per heavy atom. The number of anilines is 1. The minimum absolute atomic E-state index is 0.181. The first-order chi connectivity index (χ1) is 9.24. The van der Waals surface area contributed by atoms with E-state index in [4.69, 9.17) is 10.5 Å². The predicted molar refractivity (Wildman–Crippen MR) is 72.2 cm³/mol. The number of nitrogens with two attached hydrogens (primary N) is 1. The highest BCUT2D eigenvalue weighted by Crippen LogP contribution is 2.27. The molecule has 0 bridgehead atoms. The fraction of sp³-hybridized carbons (Fsp3) is 0.200. The molecule has 0 aliphatic heterocycles. The highest BCUT2D eigenvalue weighted by Gasteiger charge is 2.24. The average Bonchev–Trinajstić information content (AvgIpc) is 3.23. The summed E-state index contributed by atoms with van der Waals surface area (Å²) in [4.78, 5) is 16.4. The quantitative estimate of drug-likeness (QED) is 0.851. The summed E-state index contributed by atoms with van der Waals surface area (Å²) < 4.78 is 5.68. The first-order valence-corrected chi connectivity index (χ1v) is 6.26. The molecule has 1 fully saturated rings. The van der Waals surface area contributed by atoms with Crippen molar-refractivity contribution in [3.05, 3.63) is 53.9 Å². The third kappa shape index (κ3) is 2.57. The van der Waals surface area contributed by atoms with E-state index >= 15 is 0 Å². The number of ether oxygens (including phenoxy) is 1. The van der Waals surface area contributed by atoms with E-state index in [2.05, 4.69) is 4.98 Å². The second-order valence-corrected chi connectivity index (χ2v) is 4.62. The van der Waals surface area contributed by atoms with Gasteiger partial charge in [-0.1, -0.05) is 12.1 Å². The van der Waals surface area contributed by atoms with Crippen LogP contribution in [0.15, 0.2) is 42.6 Å². The Morgan fingerprint density at radius 3 is 2.84 bits per heavy atom. The molecular formula is C15H14N2O2. The van der Waals surface area contributed by atoms with Gasteiger partial charge in [0.25, 0.3) is 0 Å². The topological polar surface area (TPSA) is 65.2 Å². The number of carbonyl (C=O) groups excluding carboxylic acids is 1. The zero-order valence-corrected chi connectivity index (χ0v) is 10.4. The second kappa shape index (κ2) is 4.72. The van der Waals surface area contributed by atoms with Crippen molar-refractivity contribution in [2.45, 2.75) is 18.9 Å². The number of ketones is 1. The van der Waals surface area contributed by atoms with Gasteiger partial charge in [-0.15, -0.1) is 0 Å². The first-order valence-electron chi connectivity index (χ1n) is 6.26. The number of benzene rings is 1. The summed E-state index contributed by atoms with van der Waals surface area (Å²) in [6.45, 7) is 0. The highest BCUT2D eigenvalue weighted by atomic mass is 16.5. The van der Waals surface area contributed by atoms with Crippen LogP contribution in [0.1, 0.15) is 28.9 Å². The molecule has 0 atom stereocenters. The number of nitrogens with zero attached hydrogens (tertiary/aromatic N) is 1. The van der Waals surface area contributed by atoms with Gasteiger partial charge in [-0.3, -0.25) is 9.78 Å². The number of hydrogen-bond donors (Lipinski definition) is 1. The minimum Gasteiger partial charge on any atom is -0.490 e. The Labute approximate surface area is 111 Å². The summed E-state index contributed by atoms with van der Waals surface area (Å²) in [6, 6.07) is 10.5. The number of carbonyl (C=O) groups is 1. The van der Waals surface area contributed by atoms with Gasteiger partial charge in [0.2, 0.25) is 5.78 Å². The van der Waals surface area contributed by atoms with Crippen LogP contribution in [-0.2, 0) is 0 Å². The predicted octanol–water partition coefficient (Wildman–Crippen LogP) is 2.44. The maximum absolute atomic E-state index is 12.3. The normalized spacial score (nSPS) is 14.1. The van der Waals surface area contributed by atoms with Crippen molar-refractivity contribution < 1.29 is 9.53 Å². The summed E-state index contributed by atoms with van der Waals surface area (Å²) in [7, 11) is 0. The molecule has 0 saturated heterocycles. The molecule has 0 radical (unpaired) electrons. The molecule has 3 rings (SSSR count). The zero-order valence-electron chi connectivity index (χ0n) is 10.4. The van der Waals surface area contributed by atoms with Crippen LogP contribution in [0.4, 0.5) is 5.69 Å². The lowest BCUT2D eigenvalue weighted by Crippen LogP contribution is -2.08. The Balaban J connectivity index is 1.88. The lowest BCUT2D eigenvalue weighted by Gasteiger charge is -2.07. The maximum atomic E-state index is 12.3. The molecule has 0 spiro atoms. The lowest BCUT2D eigenvalue weighted by atomic mass is 10.1. The molecule has 1 aliphatic rings. The van der Waals surface area contributed by atoms with Crippen LogP contribution in [0, 0.1) is 0 Å². The van der Waals surface area contributed by atoms with Crippen molar-refractivity contribution in [3.8, 4) is 5.75 Å². The van der Waals surface area contributed by atoms with Crippen LogP contribution in [0.25, 0.3) is 0 Å². The van der Waals surface area contributed by atoms with Gasteiger partial charge >= 0.3 is 0 Å². The van der Waals surface area contributed by atoms with Gasteiger partial charge < -0.3 is 10.5 Å². The van der Waals surface area contributed by atoms with E-state index in [-0.39, 0.29) is 11.5 Å². The lowest BCUT2D eigenvalue weighted by molar-refractivity contribution is 0.103. The molecule has 2 aromatic rings. The molecule has 1 heterocycles. The van der Waals surface area contributed by atoms with Gasteiger partial charge in [-0.2, -0.15) is 0 Å². The van der Waals surface area contributed by atoms with E-state index < -0.39 is 0 Å². The molecule has 2 N–H and O–H groups in total. The van der Waals surface area contributed by atoms with Crippen molar-refractivity contribution in [2.24, 2.45) is 0 Å². The van der Waals surface area contributed by atoms with E-state index in [1.807, 2.05) is 12.1 Å². The van der Waals surface area contributed by atoms with Crippen molar-refractivity contribution in [1.82, 2.24) is 4.98 Å². The van der Waals surface area contributed by atoms with Crippen molar-refractivity contribution in [2.75, 3.05) is 5.73 Å². The number of pyridine rings is 1. The molecule has 96 valence electrons. The third-order valence-electron chi connectivity index (χ3n) is 2.98. The maximum Gasteiger partial charge on any atom is 0.213 e. The molecule has 1 aromatic carbocycles. The van der Waals surface area contributed by atoms with Gasteiger partial charge in [0.05, 0.1) is 11.8 Å². The van der Waals surface area contributed by atoms with Crippen LogP contribution in [0.5, 0.6) is 5.75 Å². The first kappa shape index (κ1) is 11.7. The van der Waals surface area contributed by atoms with E-state index in [1.54, 1.807) is 30.5 Å². The van der Waals surface area contributed by atoms with Crippen molar-refractivity contribution in [1.29, 1.82) is 0 Å². The molecule has 4 heteroatoms. The summed E-state index contributed by atoms with van der Waals surface area (Å²) in [6.07, 6.45) is 4.05. The number of nitrogen functional groups attached to an aromatic ring is 1. The van der Waals surface area contributed by atoms with Crippen LogP contribution >= 0.6 is 0 Å². The molecule has 1 aromatic heterocycles. The van der Waals surface area contributed by atoms with Gasteiger partial charge in [0.15, 0.2) is 0 Å². The summed E-state index contributed by atoms with van der Waals surface area (Å²) in [5, 5.41) is 0. The van der Waals surface area contributed by atoms with Crippen LogP contribution < -0.4 is 10.5 Å². The van der Waals surface area contributed by atoms with E-state index in [9.17, 15) is 4.79 Å². The molecule has 1 saturated carbocycles. The largest absolute Gasteiger partial charge is 0.490 e.